The van der Waals surface area contributed by atoms with E-state index in [2.05, 4.69) is 5.32 Å². The summed E-state index contributed by atoms with van der Waals surface area (Å²) in [5, 5.41) is 3.20. The van der Waals surface area contributed by atoms with Crippen molar-refractivity contribution in [3.05, 3.63) is 65.7 Å². The zero-order chi connectivity index (χ0) is 16.9. The van der Waals surface area contributed by atoms with Crippen LogP contribution >= 0.6 is 12.4 Å². The molecule has 0 aliphatic carbocycles. The van der Waals surface area contributed by atoms with Crippen LogP contribution < -0.4 is 10.1 Å². The standard InChI is InChI=1S/C18H18F2N2O2.ClH/c19-14-5-3-4-13(10-14)16-11-21-8-9-22(16)18(23)12-24-17-7-2-1-6-15(17)20;/h1-7,10,16,21H,8-9,11-12H2;1H. The van der Waals surface area contributed by atoms with Gasteiger partial charge in [0.25, 0.3) is 5.91 Å². The predicted octanol–water partition coefficient (Wildman–Crippen LogP) is 2.94. The highest BCUT2D eigenvalue weighted by molar-refractivity contribution is 5.85. The molecule has 1 heterocycles. The van der Waals surface area contributed by atoms with Crippen LogP contribution in [0.3, 0.4) is 0 Å². The molecule has 1 saturated heterocycles. The molecule has 1 fully saturated rings. The van der Waals surface area contributed by atoms with Crippen molar-refractivity contribution in [3.8, 4) is 5.75 Å². The van der Waals surface area contributed by atoms with E-state index in [0.717, 1.165) is 5.56 Å². The minimum Gasteiger partial charge on any atom is -0.481 e. The van der Waals surface area contributed by atoms with Gasteiger partial charge in [-0.3, -0.25) is 4.79 Å². The highest BCUT2D eigenvalue weighted by Gasteiger charge is 2.28. The van der Waals surface area contributed by atoms with Gasteiger partial charge in [-0.2, -0.15) is 0 Å². The summed E-state index contributed by atoms with van der Waals surface area (Å²) in [7, 11) is 0. The van der Waals surface area contributed by atoms with Crippen LogP contribution in [0.15, 0.2) is 48.5 Å². The number of benzene rings is 2. The number of carbonyl (C=O) groups is 1. The maximum Gasteiger partial charge on any atom is 0.261 e. The zero-order valence-electron chi connectivity index (χ0n) is 13.5. The quantitative estimate of drug-likeness (QED) is 0.902. The van der Waals surface area contributed by atoms with Crippen LogP contribution in [0, 0.1) is 11.6 Å². The lowest BCUT2D eigenvalue weighted by atomic mass is 10.0. The van der Waals surface area contributed by atoms with Crippen LogP contribution in [-0.4, -0.2) is 37.0 Å². The summed E-state index contributed by atoms with van der Waals surface area (Å²) in [6.45, 7) is 1.42. The highest BCUT2D eigenvalue weighted by atomic mass is 35.5. The summed E-state index contributed by atoms with van der Waals surface area (Å²) >= 11 is 0. The fourth-order valence-corrected chi connectivity index (χ4v) is 2.80. The number of para-hydroxylation sites is 1. The Bertz CT molecular complexity index is 730. The summed E-state index contributed by atoms with van der Waals surface area (Å²) in [6, 6.07) is 11.9. The van der Waals surface area contributed by atoms with E-state index in [1.54, 1.807) is 29.2 Å². The minimum atomic E-state index is -0.507. The van der Waals surface area contributed by atoms with E-state index < -0.39 is 5.82 Å². The molecule has 0 bridgehead atoms. The molecule has 0 spiro atoms. The van der Waals surface area contributed by atoms with Gasteiger partial charge in [-0.15, -0.1) is 12.4 Å². The van der Waals surface area contributed by atoms with Crippen molar-refractivity contribution < 1.29 is 18.3 Å². The monoisotopic (exact) mass is 368 g/mol. The van der Waals surface area contributed by atoms with Gasteiger partial charge in [0, 0.05) is 19.6 Å². The number of rotatable bonds is 4. The SMILES string of the molecule is Cl.O=C(COc1ccccc1F)N1CCNCC1c1cccc(F)c1. The van der Waals surface area contributed by atoms with Crippen molar-refractivity contribution in [1.82, 2.24) is 10.2 Å². The van der Waals surface area contributed by atoms with E-state index >= 15 is 0 Å². The highest BCUT2D eigenvalue weighted by Crippen LogP contribution is 2.23. The Morgan fingerprint density at radius 2 is 2.00 bits per heavy atom. The van der Waals surface area contributed by atoms with Gasteiger partial charge < -0.3 is 15.0 Å². The number of piperazine rings is 1. The Labute approximate surface area is 151 Å². The first-order valence-corrected chi connectivity index (χ1v) is 7.78. The molecule has 0 aromatic heterocycles. The Morgan fingerprint density at radius 1 is 1.20 bits per heavy atom. The first kappa shape index (κ1) is 19.1. The Hall–Kier alpha value is -2.18. The van der Waals surface area contributed by atoms with Crippen LogP contribution in [0.5, 0.6) is 5.75 Å². The molecule has 3 rings (SSSR count). The second-order valence-electron chi connectivity index (χ2n) is 5.58. The predicted molar refractivity (Wildman–Crippen MR) is 92.9 cm³/mol. The summed E-state index contributed by atoms with van der Waals surface area (Å²) in [6.07, 6.45) is 0. The van der Waals surface area contributed by atoms with Gasteiger partial charge >= 0.3 is 0 Å². The zero-order valence-corrected chi connectivity index (χ0v) is 14.3. The Kier molecular flexibility index (Phi) is 6.73. The van der Waals surface area contributed by atoms with E-state index in [0.29, 0.717) is 19.6 Å². The smallest absolute Gasteiger partial charge is 0.261 e. The number of nitrogens with one attached hydrogen (secondary N) is 1. The number of halogens is 3. The molecule has 0 saturated carbocycles. The number of carbonyl (C=O) groups excluding carboxylic acids is 1. The maximum atomic E-state index is 13.6. The third kappa shape index (κ3) is 4.67. The Morgan fingerprint density at radius 3 is 2.76 bits per heavy atom. The molecule has 1 aliphatic heterocycles. The molecule has 0 radical (unpaired) electrons. The van der Waals surface area contributed by atoms with Gasteiger partial charge in [-0.05, 0) is 29.8 Å². The van der Waals surface area contributed by atoms with Crippen molar-refractivity contribution in [2.75, 3.05) is 26.2 Å². The largest absolute Gasteiger partial charge is 0.481 e. The molecule has 1 atom stereocenters. The molecule has 1 N–H and O–H groups in total. The number of amides is 1. The van der Waals surface area contributed by atoms with Gasteiger partial charge in [-0.25, -0.2) is 8.78 Å². The Balaban J connectivity index is 0.00000225. The van der Waals surface area contributed by atoms with Crippen molar-refractivity contribution >= 4 is 18.3 Å². The van der Waals surface area contributed by atoms with E-state index in [4.69, 9.17) is 4.74 Å². The number of nitrogens with zero attached hydrogens (tertiary/aromatic N) is 1. The molecule has 1 unspecified atom stereocenters. The lowest BCUT2D eigenvalue weighted by molar-refractivity contribution is -0.136. The van der Waals surface area contributed by atoms with Crippen LogP contribution in [0.2, 0.25) is 0 Å². The number of hydrogen-bond acceptors (Lipinski definition) is 3. The van der Waals surface area contributed by atoms with Crippen molar-refractivity contribution in [2.24, 2.45) is 0 Å². The van der Waals surface area contributed by atoms with Crippen molar-refractivity contribution in [3.63, 3.8) is 0 Å². The average Bonchev–Trinajstić information content (AvgIpc) is 2.61. The molecule has 2 aromatic carbocycles. The summed E-state index contributed by atoms with van der Waals surface area (Å²) in [5.74, 6) is -1.06. The first-order valence-electron chi connectivity index (χ1n) is 7.78. The van der Waals surface area contributed by atoms with Crippen LogP contribution in [0.4, 0.5) is 8.78 Å². The number of ether oxygens (including phenoxy) is 1. The van der Waals surface area contributed by atoms with E-state index in [9.17, 15) is 13.6 Å². The normalized spacial score (nSPS) is 16.9. The van der Waals surface area contributed by atoms with Crippen LogP contribution in [0.1, 0.15) is 11.6 Å². The molecule has 1 aliphatic rings. The molecule has 4 nitrogen and oxygen atoms in total. The molecule has 2 aromatic rings. The molecule has 7 heteroatoms. The lowest BCUT2D eigenvalue weighted by Gasteiger charge is -2.36. The van der Waals surface area contributed by atoms with Crippen LogP contribution in [0.25, 0.3) is 0 Å². The van der Waals surface area contributed by atoms with E-state index in [1.165, 1.54) is 24.3 Å². The topological polar surface area (TPSA) is 41.6 Å². The van der Waals surface area contributed by atoms with E-state index in [-0.39, 0.29) is 42.5 Å². The fraction of sp³-hybridized carbons (Fsp3) is 0.278. The molecule has 25 heavy (non-hydrogen) atoms. The van der Waals surface area contributed by atoms with Gasteiger partial charge in [0.2, 0.25) is 0 Å². The molecular weight excluding hydrogens is 350 g/mol. The molecule has 134 valence electrons. The third-order valence-corrected chi connectivity index (χ3v) is 3.98. The molecular formula is C18H19ClF2N2O2. The van der Waals surface area contributed by atoms with Crippen molar-refractivity contribution in [2.45, 2.75) is 6.04 Å². The van der Waals surface area contributed by atoms with Gasteiger partial charge in [0.1, 0.15) is 5.82 Å². The minimum absolute atomic E-state index is 0. The maximum absolute atomic E-state index is 13.6. The molecule has 1 amide bonds. The summed E-state index contributed by atoms with van der Waals surface area (Å²) < 4.78 is 32.3. The van der Waals surface area contributed by atoms with Crippen molar-refractivity contribution in [1.29, 1.82) is 0 Å². The van der Waals surface area contributed by atoms with Gasteiger partial charge in [0.05, 0.1) is 6.04 Å². The second-order valence-corrected chi connectivity index (χ2v) is 5.58. The summed E-state index contributed by atoms with van der Waals surface area (Å²) in [4.78, 5) is 14.2. The fourth-order valence-electron chi connectivity index (χ4n) is 2.80. The van der Waals surface area contributed by atoms with Crippen LogP contribution in [-0.2, 0) is 4.79 Å². The third-order valence-electron chi connectivity index (χ3n) is 3.98. The van der Waals surface area contributed by atoms with Gasteiger partial charge in [-0.1, -0.05) is 24.3 Å². The van der Waals surface area contributed by atoms with E-state index in [1.807, 2.05) is 0 Å². The summed E-state index contributed by atoms with van der Waals surface area (Å²) in [5.41, 5.74) is 0.724. The van der Waals surface area contributed by atoms with Gasteiger partial charge in [0.15, 0.2) is 18.2 Å². The number of hydrogen-bond donors (Lipinski definition) is 1. The first-order chi connectivity index (χ1) is 11.6. The second kappa shape index (κ2) is 8.78. The average molecular weight is 369 g/mol. The lowest BCUT2D eigenvalue weighted by Crippen LogP contribution is -2.50.